The van der Waals surface area contributed by atoms with Crippen LogP contribution in [0.2, 0.25) is 0 Å². The zero-order valence-electron chi connectivity index (χ0n) is 6.19. The summed E-state index contributed by atoms with van der Waals surface area (Å²) in [6, 6.07) is 0. The summed E-state index contributed by atoms with van der Waals surface area (Å²) < 4.78 is 10.5. The molecule has 0 bridgehead atoms. The standard InChI is InChI=1S/C7H11ClO2/c1-5-7(2,3)10-6(4-8)9-5/h6H,1,4H2,2-3H3. The lowest BCUT2D eigenvalue weighted by atomic mass is 10.1. The monoisotopic (exact) mass is 162 g/mol. The summed E-state index contributed by atoms with van der Waals surface area (Å²) in [7, 11) is 0. The molecule has 3 heteroatoms. The fourth-order valence-corrected chi connectivity index (χ4v) is 0.908. The molecule has 0 aromatic rings. The average Bonchev–Trinajstić information content (AvgIpc) is 2.08. The fourth-order valence-electron chi connectivity index (χ4n) is 0.782. The lowest BCUT2D eigenvalue weighted by Gasteiger charge is -2.13. The minimum Gasteiger partial charge on any atom is -0.466 e. The molecule has 0 aliphatic carbocycles. The molecule has 1 atom stereocenters. The predicted octanol–water partition coefficient (Wildman–Crippen LogP) is 1.89. The molecule has 10 heavy (non-hydrogen) atoms. The number of alkyl halides is 1. The average molecular weight is 163 g/mol. The van der Waals surface area contributed by atoms with Gasteiger partial charge in [0.15, 0.2) is 0 Å². The Bertz CT molecular complexity index is 154. The van der Waals surface area contributed by atoms with Crippen LogP contribution in [0.5, 0.6) is 0 Å². The van der Waals surface area contributed by atoms with E-state index in [4.69, 9.17) is 21.1 Å². The number of hydrogen-bond acceptors (Lipinski definition) is 2. The Morgan fingerprint density at radius 1 is 1.70 bits per heavy atom. The van der Waals surface area contributed by atoms with Gasteiger partial charge >= 0.3 is 0 Å². The Hall–Kier alpha value is -0.210. The van der Waals surface area contributed by atoms with Gasteiger partial charge in [-0.05, 0) is 13.8 Å². The van der Waals surface area contributed by atoms with Crippen molar-refractivity contribution in [2.24, 2.45) is 0 Å². The van der Waals surface area contributed by atoms with Crippen LogP contribution in [0.1, 0.15) is 13.8 Å². The molecule has 0 N–H and O–H groups in total. The highest BCUT2D eigenvalue weighted by molar-refractivity contribution is 6.18. The Kier molecular flexibility index (Phi) is 1.92. The minimum atomic E-state index is -0.375. The molecule has 0 aromatic carbocycles. The van der Waals surface area contributed by atoms with Crippen LogP contribution in [0.3, 0.4) is 0 Å². The van der Waals surface area contributed by atoms with Crippen LogP contribution in [0.25, 0.3) is 0 Å². The van der Waals surface area contributed by atoms with Gasteiger partial charge < -0.3 is 9.47 Å². The van der Waals surface area contributed by atoms with Crippen molar-refractivity contribution in [3.05, 3.63) is 12.3 Å². The maximum atomic E-state index is 5.51. The summed E-state index contributed by atoms with van der Waals surface area (Å²) in [4.78, 5) is 0. The third kappa shape index (κ3) is 1.27. The van der Waals surface area contributed by atoms with E-state index in [0.29, 0.717) is 11.6 Å². The van der Waals surface area contributed by atoms with Gasteiger partial charge in [-0.25, -0.2) is 0 Å². The molecule has 58 valence electrons. The smallest absolute Gasteiger partial charge is 0.214 e. The van der Waals surface area contributed by atoms with Crippen LogP contribution in [0.4, 0.5) is 0 Å². The van der Waals surface area contributed by atoms with E-state index in [1.807, 2.05) is 13.8 Å². The van der Waals surface area contributed by atoms with Crippen LogP contribution in [0, 0.1) is 0 Å². The number of hydrogen-bond donors (Lipinski definition) is 0. The molecule has 0 radical (unpaired) electrons. The van der Waals surface area contributed by atoms with Crippen LogP contribution in [-0.4, -0.2) is 17.8 Å². The van der Waals surface area contributed by atoms with Crippen molar-refractivity contribution >= 4 is 11.6 Å². The van der Waals surface area contributed by atoms with Crippen LogP contribution in [0.15, 0.2) is 12.3 Å². The first-order chi connectivity index (χ1) is 4.56. The summed E-state index contributed by atoms with van der Waals surface area (Å²) in [6.45, 7) is 7.51. The third-order valence-corrected chi connectivity index (χ3v) is 1.75. The Balaban J connectivity index is 2.62. The van der Waals surface area contributed by atoms with Crippen molar-refractivity contribution in [1.82, 2.24) is 0 Å². The lowest BCUT2D eigenvalue weighted by Crippen LogP contribution is -2.21. The van der Waals surface area contributed by atoms with Crippen molar-refractivity contribution in [2.75, 3.05) is 5.88 Å². The molecule has 1 unspecified atom stereocenters. The first kappa shape index (κ1) is 7.89. The Labute approximate surface area is 65.8 Å². The van der Waals surface area contributed by atoms with E-state index in [-0.39, 0.29) is 11.9 Å². The van der Waals surface area contributed by atoms with Gasteiger partial charge in [0.25, 0.3) is 0 Å². The second-order valence-corrected chi connectivity index (χ2v) is 3.06. The second kappa shape index (κ2) is 2.44. The first-order valence-electron chi connectivity index (χ1n) is 3.16. The minimum absolute atomic E-state index is 0.316. The van der Waals surface area contributed by atoms with Crippen LogP contribution in [-0.2, 0) is 9.47 Å². The molecule has 1 rings (SSSR count). The summed E-state index contributed by atoms with van der Waals surface area (Å²) in [5, 5.41) is 0. The van der Waals surface area contributed by atoms with Crippen molar-refractivity contribution in [3.8, 4) is 0 Å². The Morgan fingerprint density at radius 3 is 2.50 bits per heavy atom. The van der Waals surface area contributed by atoms with Gasteiger partial charge in [-0.2, -0.15) is 0 Å². The largest absolute Gasteiger partial charge is 0.466 e. The second-order valence-electron chi connectivity index (χ2n) is 2.75. The van der Waals surface area contributed by atoms with E-state index in [2.05, 4.69) is 6.58 Å². The summed E-state index contributed by atoms with van der Waals surface area (Å²) in [5.74, 6) is 1.00. The molecular formula is C7H11ClO2. The molecule has 0 spiro atoms. The zero-order valence-corrected chi connectivity index (χ0v) is 6.94. The number of rotatable bonds is 1. The highest BCUT2D eigenvalue weighted by Gasteiger charge is 2.36. The molecule has 2 nitrogen and oxygen atoms in total. The van der Waals surface area contributed by atoms with E-state index in [9.17, 15) is 0 Å². The van der Waals surface area contributed by atoms with Gasteiger partial charge in [0.05, 0.1) is 5.88 Å². The van der Waals surface area contributed by atoms with Crippen LogP contribution >= 0.6 is 11.6 Å². The van der Waals surface area contributed by atoms with E-state index < -0.39 is 0 Å². The highest BCUT2D eigenvalue weighted by atomic mass is 35.5. The molecule has 0 aromatic heterocycles. The van der Waals surface area contributed by atoms with Crippen molar-refractivity contribution in [2.45, 2.75) is 25.7 Å². The SMILES string of the molecule is C=C1OC(CCl)OC1(C)C. The van der Waals surface area contributed by atoms with Gasteiger partial charge in [-0.1, -0.05) is 6.58 Å². The summed E-state index contributed by atoms with van der Waals surface area (Å²) >= 11 is 5.51. The summed E-state index contributed by atoms with van der Waals surface area (Å²) in [5.41, 5.74) is -0.375. The van der Waals surface area contributed by atoms with E-state index in [0.717, 1.165) is 0 Å². The normalized spacial score (nSPS) is 30.3. The van der Waals surface area contributed by atoms with Crippen LogP contribution < -0.4 is 0 Å². The molecule has 1 heterocycles. The Morgan fingerprint density at radius 2 is 2.30 bits per heavy atom. The maximum Gasteiger partial charge on any atom is 0.214 e. The predicted molar refractivity (Wildman–Crippen MR) is 39.9 cm³/mol. The molecule has 0 amide bonds. The topological polar surface area (TPSA) is 18.5 Å². The zero-order chi connectivity index (χ0) is 7.78. The quantitative estimate of drug-likeness (QED) is 0.549. The molecule has 0 saturated carbocycles. The molecule has 1 aliphatic heterocycles. The molecule has 1 fully saturated rings. The molecule has 1 aliphatic rings. The van der Waals surface area contributed by atoms with Gasteiger partial charge in [-0.15, -0.1) is 11.6 Å². The summed E-state index contributed by atoms with van der Waals surface area (Å²) in [6.07, 6.45) is -0.316. The number of halogens is 1. The lowest BCUT2D eigenvalue weighted by molar-refractivity contribution is -0.0611. The van der Waals surface area contributed by atoms with Gasteiger partial charge in [0, 0.05) is 0 Å². The van der Waals surface area contributed by atoms with Gasteiger partial charge in [-0.3, -0.25) is 0 Å². The third-order valence-electron chi connectivity index (χ3n) is 1.50. The maximum absolute atomic E-state index is 5.51. The van der Waals surface area contributed by atoms with Crippen molar-refractivity contribution < 1.29 is 9.47 Å². The number of ether oxygens (including phenoxy) is 2. The van der Waals surface area contributed by atoms with Gasteiger partial charge in [0.2, 0.25) is 6.29 Å². The molecule has 1 saturated heterocycles. The van der Waals surface area contributed by atoms with Gasteiger partial charge in [0.1, 0.15) is 11.4 Å². The highest BCUT2D eigenvalue weighted by Crippen LogP contribution is 2.31. The van der Waals surface area contributed by atoms with E-state index >= 15 is 0 Å². The van der Waals surface area contributed by atoms with Crippen molar-refractivity contribution in [1.29, 1.82) is 0 Å². The molecular weight excluding hydrogens is 152 g/mol. The van der Waals surface area contributed by atoms with Crippen molar-refractivity contribution in [3.63, 3.8) is 0 Å². The fraction of sp³-hybridized carbons (Fsp3) is 0.714. The van der Waals surface area contributed by atoms with E-state index in [1.54, 1.807) is 0 Å². The van der Waals surface area contributed by atoms with E-state index in [1.165, 1.54) is 0 Å². The first-order valence-corrected chi connectivity index (χ1v) is 3.69.